The van der Waals surface area contributed by atoms with E-state index in [2.05, 4.69) is 20.8 Å². The van der Waals surface area contributed by atoms with Gasteiger partial charge in [-0.15, -0.1) is 0 Å². The largest absolute Gasteiger partial charge is 0.393 e. The summed E-state index contributed by atoms with van der Waals surface area (Å²) in [4.78, 5) is 15.3. The molecule has 13 heavy (non-hydrogen) atoms. The molecule has 2 N–H and O–H groups in total. The van der Waals surface area contributed by atoms with Crippen LogP contribution >= 0.6 is 15.9 Å². The molecule has 0 bridgehead atoms. The van der Waals surface area contributed by atoms with Gasteiger partial charge in [-0.25, -0.2) is 4.84 Å². The number of nitrogens with two attached hydrogens (primary N) is 1. The second-order valence-electron chi connectivity index (χ2n) is 2.24. The summed E-state index contributed by atoms with van der Waals surface area (Å²) < 4.78 is 13.4. The van der Waals surface area contributed by atoms with E-state index in [-0.39, 0.29) is 20.8 Å². The van der Waals surface area contributed by atoms with Gasteiger partial charge in [0.2, 0.25) is 5.82 Å². The van der Waals surface area contributed by atoms with Crippen LogP contribution in [-0.2, 0) is 4.84 Å². The van der Waals surface area contributed by atoms with Gasteiger partial charge in [-0.2, -0.15) is 4.39 Å². The Balaban J connectivity index is 3.33. The van der Waals surface area contributed by atoms with Crippen molar-refractivity contribution in [3.63, 3.8) is 0 Å². The zero-order valence-electron chi connectivity index (χ0n) is 6.75. The minimum Gasteiger partial charge on any atom is -0.393 e. The number of nitrogens with zero attached hydrogens (tertiary/aromatic N) is 1. The molecular weight excluding hydrogens is 243 g/mol. The molecule has 0 spiro atoms. The van der Waals surface area contributed by atoms with E-state index in [1.54, 1.807) is 0 Å². The lowest BCUT2D eigenvalue weighted by Crippen LogP contribution is -2.04. The normalized spacial score (nSPS) is 9.77. The number of hydrogen-bond donors (Lipinski definition) is 1. The highest BCUT2D eigenvalue weighted by molar-refractivity contribution is 9.10. The molecule has 1 aromatic carbocycles. The van der Waals surface area contributed by atoms with Crippen LogP contribution in [0.3, 0.4) is 0 Å². The highest BCUT2D eigenvalue weighted by Crippen LogP contribution is 2.30. The number of rotatable bonds is 2. The van der Waals surface area contributed by atoms with E-state index in [0.29, 0.717) is 0 Å². The van der Waals surface area contributed by atoms with E-state index in [1.807, 2.05) is 0 Å². The molecule has 0 radical (unpaired) electrons. The fourth-order valence-corrected chi connectivity index (χ4v) is 1.15. The molecule has 0 saturated carbocycles. The molecule has 0 aliphatic heterocycles. The van der Waals surface area contributed by atoms with Crippen LogP contribution < -0.4 is 5.73 Å². The van der Waals surface area contributed by atoms with E-state index in [9.17, 15) is 9.30 Å². The predicted molar refractivity (Wildman–Crippen MR) is 48.8 cm³/mol. The first-order valence-corrected chi connectivity index (χ1v) is 4.12. The summed E-state index contributed by atoms with van der Waals surface area (Å²) in [6.07, 6.45) is 0. The average molecular weight is 250 g/mol. The van der Waals surface area contributed by atoms with Crippen molar-refractivity contribution < 1.29 is 14.2 Å². The van der Waals surface area contributed by atoms with Crippen molar-refractivity contribution in [2.45, 2.75) is 0 Å². The third-order valence-electron chi connectivity index (χ3n) is 1.45. The molecule has 70 valence electrons. The van der Waals surface area contributed by atoms with Crippen LogP contribution in [0.1, 0.15) is 0 Å². The molecule has 4 nitrogen and oxygen atoms in total. The van der Waals surface area contributed by atoms with Crippen molar-refractivity contribution in [3.8, 4) is 0 Å². The Morgan fingerprint density at radius 3 is 2.77 bits per heavy atom. The Morgan fingerprint density at radius 1 is 1.62 bits per heavy atom. The summed E-state index contributed by atoms with van der Waals surface area (Å²) in [5.41, 5.74) is 5.09. The SMILES string of the molecule is CO[N+](=O)c1c(N)ccc(Br)c1F. The van der Waals surface area contributed by atoms with E-state index < -0.39 is 5.82 Å². The van der Waals surface area contributed by atoms with Gasteiger partial charge in [0.05, 0.1) is 9.38 Å². The quantitative estimate of drug-likeness (QED) is 0.646. The maximum atomic E-state index is 13.3. The fourth-order valence-electron chi connectivity index (χ4n) is 0.832. The van der Waals surface area contributed by atoms with Crippen molar-refractivity contribution in [3.05, 3.63) is 27.3 Å². The van der Waals surface area contributed by atoms with Gasteiger partial charge < -0.3 is 5.73 Å². The van der Waals surface area contributed by atoms with Gasteiger partial charge >= 0.3 is 5.69 Å². The van der Waals surface area contributed by atoms with Gasteiger partial charge in [-0.05, 0) is 28.1 Å². The highest BCUT2D eigenvalue weighted by atomic mass is 79.9. The highest BCUT2D eigenvalue weighted by Gasteiger charge is 2.27. The van der Waals surface area contributed by atoms with Gasteiger partial charge in [0.1, 0.15) is 5.69 Å². The smallest absolute Gasteiger partial charge is 0.375 e. The summed E-state index contributed by atoms with van der Waals surface area (Å²) in [5.74, 6) is -0.739. The molecule has 1 rings (SSSR count). The van der Waals surface area contributed by atoms with Crippen molar-refractivity contribution in [1.82, 2.24) is 0 Å². The van der Waals surface area contributed by atoms with E-state index in [4.69, 9.17) is 5.73 Å². The molecule has 6 heteroatoms. The molecule has 0 amide bonds. The number of nitrogen functional groups attached to an aromatic ring is 1. The zero-order chi connectivity index (χ0) is 10.0. The molecular formula is C7H7BrFN2O2+. The van der Waals surface area contributed by atoms with Crippen LogP contribution in [0.2, 0.25) is 0 Å². The lowest BCUT2D eigenvalue weighted by molar-refractivity contribution is -0.737. The monoisotopic (exact) mass is 249 g/mol. The molecule has 0 heterocycles. The summed E-state index contributed by atoms with van der Waals surface area (Å²) in [5, 5.41) is 0. The molecule has 0 aliphatic rings. The van der Waals surface area contributed by atoms with Crippen molar-refractivity contribution in [2.24, 2.45) is 0 Å². The van der Waals surface area contributed by atoms with E-state index >= 15 is 0 Å². The van der Waals surface area contributed by atoms with Gasteiger partial charge in [0, 0.05) is 0 Å². The van der Waals surface area contributed by atoms with Crippen LogP contribution in [0.5, 0.6) is 0 Å². The van der Waals surface area contributed by atoms with E-state index in [1.165, 1.54) is 12.1 Å². The Kier molecular flexibility index (Phi) is 2.82. The first-order chi connectivity index (χ1) is 6.07. The third-order valence-corrected chi connectivity index (χ3v) is 2.06. The molecule has 0 aromatic heterocycles. The summed E-state index contributed by atoms with van der Waals surface area (Å²) in [7, 11) is 1.13. The lowest BCUT2D eigenvalue weighted by atomic mass is 10.2. The second kappa shape index (κ2) is 3.69. The Bertz CT molecular complexity index is 357. The topological polar surface area (TPSA) is 55.3 Å². The molecule has 1 aromatic rings. The van der Waals surface area contributed by atoms with Crippen LogP contribution in [0, 0.1) is 10.7 Å². The third kappa shape index (κ3) is 1.77. The maximum absolute atomic E-state index is 13.3. The summed E-state index contributed by atoms with van der Waals surface area (Å²) in [6, 6.07) is 2.82. The average Bonchev–Trinajstić information content (AvgIpc) is 2.12. The predicted octanol–water partition coefficient (Wildman–Crippen LogP) is 2.14. The maximum Gasteiger partial charge on any atom is 0.375 e. The molecule has 0 fully saturated rings. The second-order valence-corrected chi connectivity index (χ2v) is 3.09. The Hall–Kier alpha value is -1.17. The standard InChI is InChI=1S/C7H7BrFN2O2/c1-13-11(12)7-5(10)3-2-4(8)6(7)9/h2-3H,10H2,1H3/q+1. The molecule has 0 saturated heterocycles. The molecule has 0 aliphatic carbocycles. The minimum absolute atomic E-state index is 0.0232. The zero-order valence-corrected chi connectivity index (χ0v) is 8.34. The first kappa shape index (κ1) is 9.91. The fraction of sp³-hybridized carbons (Fsp3) is 0.143. The van der Waals surface area contributed by atoms with Gasteiger partial charge in [0.25, 0.3) is 4.92 Å². The number of anilines is 1. The van der Waals surface area contributed by atoms with E-state index in [0.717, 1.165) is 7.11 Å². The Labute approximate surface area is 82.1 Å². The van der Waals surface area contributed by atoms with Crippen LogP contribution in [0.4, 0.5) is 15.8 Å². The first-order valence-electron chi connectivity index (χ1n) is 3.32. The van der Waals surface area contributed by atoms with Crippen LogP contribution in [-0.4, -0.2) is 12.0 Å². The van der Waals surface area contributed by atoms with Crippen LogP contribution in [0.15, 0.2) is 16.6 Å². The van der Waals surface area contributed by atoms with Gasteiger partial charge in [0.15, 0.2) is 7.11 Å². The van der Waals surface area contributed by atoms with Gasteiger partial charge in [-0.3, -0.25) is 0 Å². The van der Waals surface area contributed by atoms with Crippen molar-refractivity contribution in [1.29, 1.82) is 0 Å². The number of halogens is 2. The lowest BCUT2D eigenvalue weighted by Gasteiger charge is -1.97. The van der Waals surface area contributed by atoms with Crippen molar-refractivity contribution in [2.75, 3.05) is 12.8 Å². The van der Waals surface area contributed by atoms with Crippen LogP contribution in [0.25, 0.3) is 0 Å². The molecule has 0 unspecified atom stereocenters. The summed E-state index contributed by atoms with van der Waals surface area (Å²) >= 11 is 2.93. The van der Waals surface area contributed by atoms with Crippen molar-refractivity contribution >= 4 is 27.3 Å². The molecule has 0 atom stereocenters. The summed E-state index contributed by atoms with van der Waals surface area (Å²) in [6.45, 7) is 0. The Morgan fingerprint density at radius 2 is 2.23 bits per heavy atom. The number of hydrogen-bond acceptors (Lipinski definition) is 3. The van der Waals surface area contributed by atoms with Gasteiger partial charge in [-0.1, -0.05) is 0 Å². The number of benzene rings is 1. The minimum atomic E-state index is -0.739.